The molecule has 9 heavy (non-hydrogen) atoms. The summed E-state index contributed by atoms with van der Waals surface area (Å²) in [5, 5.41) is 0. The van der Waals surface area contributed by atoms with Gasteiger partial charge in [0.05, 0.1) is 0 Å². The Morgan fingerprint density at radius 1 is 1.44 bits per heavy atom. The molecule has 0 aliphatic rings. The van der Waals surface area contributed by atoms with Crippen molar-refractivity contribution in [2.45, 2.75) is 45.3 Å². The van der Waals surface area contributed by atoms with Crippen molar-refractivity contribution in [3.8, 4) is 0 Å². The molecule has 0 rings (SSSR count). The lowest BCUT2D eigenvalue weighted by Crippen LogP contribution is -2.21. The van der Waals surface area contributed by atoms with Crippen LogP contribution in [0.2, 0.25) is 0 Å². The van der Waals surface area contributed by atoms with E-state index in [9.17, 15) is 0 Å². The van der Waals surface area contributed by atoms with Crippen molar-refractivity contribution in [2.75, 3.05) is 0 Å². The molecule has 0 heterocycles. The summed E-state index contributed by atoms with van der Waals surface area (Å²) >= 11 is 5.27. The Hall–Kier alpha value is 0.350. The second-order valence-electron chi connectivity index (χ2n) is 3.29. The highest BCUT2D eigenvalue weighted by Crippen LogP contribution is 2.26. The van der Waals surface area contributed by atoms with Gasteiger partial charge >= 0.3 is 0 Å². The fourth-order valence-electron chi connectivity index (χ4n) is 0.781. The van der Waals surface area contributed by atoms with Crippen molar-refractivity contribution in [2.24, 2.45) is 5.92 Å². The first-order valence-corrected chi connectivity index (χ1v) is 4.09. The van der Waals surface area contributed by atoms with Crippen LogP contribution in [-0.2, 0) is 0 Å². The van der Waals surface area contributed by atoms with E-state index in [-0.39, 0.29) is 4.75 Å². The van der Waals surface area contributed by atoms with E-state index in [1.165, 1.54) is 12.8 Å². The van der Waals surface area contributed by atoms with Crippen LogP contribution in [0.4, 0.5) is 0 Å². The van der Waals surface area contributed by atoms with E-state index in [1.807, 2.05) is 0 Å². The van der Waals surface area contributed by atoms with E-state index in [1.54, 1.807) is 0 Å². The lowest BCUT2D eigenvalue weighted by atomic mass is 9.93. The standard InChI is InChI=1S/C8H17S/c1-5-6-7(2)8(3,4)9/h7H,5-6H2,1-4H3. The number of hydrogen-bond acceptors (Lipinski definition) is 0. The van der Waals surface area contributed by atoms with Crippen LogP contribution in [-0.4, -0.2) is 4.75 Å². The molecule has 0 nitrogen and oxygen atoms in total. The Morgan fingerprint density at radius 3 is 2.00 bits per heavy atom. The summed E-state index contributed by atoms with van der Waals surface area (Å²) in [5.41, 5.74) is 0. The minimum atomic E-state index is 0.0933. The SMILES string of the molecule is CCCC(C)C(C)(C)[S]. The van der Waals surface area contributed by atoms with Gasteiger partial charge in [0.15, 0.2) is 0 Å². The molecule has 0 saturated heterocycles. The van der Waals surface area contributed by atoms with Gasteiger partial charge in [-0.1, -0.05) is 32.9 Å². The van der Waals surface area contributed by atoms with Crippen molar-refractivity contribution in [3.63, 3.8) is 0 Å². The minimum Gasteiger partial charge on any atom is -0.0870 e. The third-order valence-electron chi connectivity index (χ3n) is 1.91. The second-order valence-corrected chi connectivity index (χ2v) is 4.35. The summed E-state index contributed by atoms with van der Waals surface area (Å²) in [6, 6.07) is 0. The Labute approximate surface area is 64.4 Å². The van der Waals surface area contributed by atoms with Crippen LogP contribution >= 0.6 is 12.6 Å². The molecule has 0 aromatic heterocycles. The lowest BCUT2D eigenvalue weighted by Gasteiger charge is -2.24. The predicted octanol–water partition coefficient (Wildman–Crippen LogP) is 3.40. The molecule has 0 fully saturated rings. The second kappa shape index (κ2) is 3.50. The maximum absolute atomic E-state index is 5.27. The molecule has 0 aliphatic carbocycles. The third kappa shape index (κ3) is 3.85. The summed E-state index contributed by atoms with van der Waals surface area (Å²) in [6.07, 6.45) is 2.51. The molecular formula is C8H17S. The number of rotatable bonds is 3. The van der Waals surface area contributed by atoms with Crippen molar-refractivity contribution in [3.05, 3.63) is 0 Å². The summed E-state index contributed by atoms with van der Waals surface area (Å²) in [7, 11) is 0. The molecular weight excluding hydrogens is 128 g/mol. The lowest BCUT2D eigenvalue weighted by molar-refractivity contribution is 0.429. The van der Waals surface area contributed by atoms with Gasteiger partial charge in [-0.2, -0.15) is 0 Å². The molecule has 0 aliphatic heterocycles. The molecule has 0 amide bonds. The zero-order valence-electron chi connectivity index (χ0n) is 6.90. The molecule has 1 radical (unpaired) electrons. The number of hydrogen-bond donors (Lipinski definition) is 0. The van der Waals surface area contributed by atoms with Gasteiger partial charge < -0.3 is 0 Å². The van der Waals surface area contributed by atoms with E-state index in [2.05, 4.69) is 27.7 Å². The molecule has 0 aromatic carbocycles. The Bertz CT molecular complexity index is 71.1. The van der Waals surface area contributed by atoms with Crippen molar-refractivity contribution < 1.29 is 0 Å². The topological polar surface area (TPSA) is 0 Å². The first-order valence-electron chi connectivity index (χ1n) is 3.69. The maximum Gasteiger partial charge on any atom is 0.0233 e. The van der Waals surface area contributed by atoms with Crippen molar-refractivity contribution in [1.29, 1.82) is 0 Å². The van der Waals surface area contributed by atoms with Crippen molar-refractivity contribution >= 4 is 12.6 Å². The van der Waals surface area contributed by atoms with E-state index in [0.29, 0.717) is 5.92 Å². The van der Waals surface area contributed by atoms with E-state index in [0.717, 1.165) is 0 Å². The van der Waals surface area contributed by atoms with Gasteiger partial charge in [-0.3, -0.25) is 0 Å². The summed E-state index contributed by atoms with van der Waals surface area (Å²) in [6.45, 7) is 8.69. The summed E-state index contributed by atoms with van der Waals surface area (Å²) < 4.78 is 0.0933. The van der Waals surface area contributed by atoms with Crippen LogP contribution < -0.4 is 0 Å². The molecule has 1 atom stereocenters. The van der Waals surface area contributed by atoms with E-state index >= 15 is 0 Å². The molecule has 0 saturated carbocycles. The zero-order chi connectivity index (χ0) is 7.49. The molecule has 55 valence electrons. The maximum atomic E-state index is 5.27. The normalized spacial score (nSPS) is 15.7. The van der Waals surface area contributed by atoms with E-state index in [4.69, 9.17) is 12.6 Å². The van der Waals surface area contributed by atoms with Crippen LogP contribution in [0.3, 0.4) is 0 Å². The molecule has 0 bridgehead atoms. The summed E-state index contributed by atoms with van der Waals surface area (Å²) in [5.74, 6) is 0.678. The quantitative estimate of drug-likeness (QED) is 0.571. The fourth-order valence-corrected chi connectivity index (χ4v) is 0.898. The van der Waals surface area contributed by atoms with Gasteiger partial charge in [-0.05, 0) is 26.2 Å². The van der Waals surface area contributed by atoms with Gasteiger partial charge in [-0.15, -0.1) is 0 Å². The monoisotopic (exact) mass is 145 g/mol. The van der Waals surface area contributed by atoms with Gasteiger partial charge in [0.1, 0.15) is 0 Å². The molecule has 1 heteroatoms. The average Bonchev–Trinajstić information content (AvgIpc) is 1.64. The molecule has 0 aromatic rings. The Kier molecular flexibility index (Phi) is 3.64. The predicted molar refractivity (Wildman–Crippen MR) is 45.7 cm³/mol. The Morgan fingerprint density at radius 2 is 1.89 bits per heavy atom. The molecule has 0 N–H and O–H groups in total. The van der Waals surface area contributed by atoms with E-state index < -0.39 is 0 Å². The fraction of sp³-hybridized carbons (Fsp3) is 1.00. The van der Waals surface area contributed by atoms with Gasteiger partial charge in [0.25, 0.3) is 0 Å². The third-order valence-corrected chi connectivity index (χ3v) is 2.31. The smallest absolute Gasteiger partial charge is 0.0233 e. The van der Waals surface area contributed by atoms with Crippen molar-refractivity contribution in [1.82, 2.24) is 0 Å². The molecule has 0 spiro atoms. The zero-order valence-corrected chi connectivity index (χ0v) is 7.72. The Balaban J connectivity index is 3.59. The first-order chi connectivity index (χ1) is 3.98. The highest BCUT2D eigenvalue weighted by molar-refractivity contribution is 7.81. The van der Waals surface area contributed by atoms with Crippen LogP contribution in [0.15, 0.2) is 0 Å². The highest BCUT2D eigenvalue weighted by atomic mass is 32.1. The van der Waals surface area contributed by atoms with Crippen LogP contribution in [0.5, 0.6) is 0 Å². The first kappa shape index (κ1) is 9.35. The molecule has 1 unspecified atom stereocenters. The van der Waals surface area contributed by atoms with Crippen LogP contribution in [0.1, 0.15) is 40.5 Å². The van der Waals surface area contributed by atoms with Gasteiger partial charge in [0.2, 0.25) is 0 Å². The van der Waals surface area contributed by atoms with Crippen LogP contribution in [0.25, 0.3) is 0 Å². The van der Waals surface area contributed by atoms with Gasteiger partial charge in [0, 0.05) is 4.75 Å². The highest BCUT2D eigenvalue weighted by Gasteiger charge is 2.20. The average molecular weight is 145 g/mol. The van der Waals surface area contributed by atoms with Gasteiger partial charge in [-0.25, -0.2) is 0 Å². The largest absolute Gasteiger partial charge is 0.0870 e. The van der Waals surface area contributed by atoms with Crippen LogP contribution in [0, 0.1) is 5.92 Å². The minimum absolute atomic E-state index is 0.0933. The summed E-state index contributed by atoms with van der Waals surface area (Å²) in [4.78, 5) is 0.